The van der Waals surface area contributed by atoms with E-state index in [0.29, 0.717) is 36.3 Å². The van der Waals surface area contributed by atoms with Gasteiger partial charge in [0.2, 0.25) is 6.10 Å². The molecule has 2 aromatic carbocycles. The number of nitrogens with one attached hydrogen (secondary N) is 1. The Morgan fingerprint density at radius 1 is 1.07 bits per heavy atom. The molecule has 208 valence electrons. The van der Waals surface area contributed by atoms with E-state index >= 15 is 0 Å². The van der Waals surface area contributed by atoms with Gasteiger partial charge in [-0.2, -0.15) is 0 Å². The van der Waals surface area contributed by atoms with E-state index in [-0.39, 0.29) is 11.4 Å². The van der Waals surface area contributed by atoms with Crippen LogP contribution in [-0.4, -0.2) is 46.5 Å². The van der Waals surface area contributed by atoms with E-state index in [1.807, 2.05) is 26.8 Å². The minimum Gasteiger partial charge on any atom is -0.444 e. The highest BCUT2D eigenvalue weighted by atomic mass is 19.1. The summed E-state index contributed by atoms with van der Waals surface area (Å²) in [5, 5.41) is 2.65. The van der Waals surface area contributed by atoms with Gasteiger partial charge in [-0.15, -0.1) is 0 Å². The van der Waals surface area contributed by atoms with Crippen molar-refractivity contribution in [3.8, 4) is 0 Å². The van der Waals surface area contributed by atoms with E-state index in [1.165, 1.54) is 24.3 Å². The van der Waals surface area contributed by atoms with Crippen molar-refractivity contribution in [2.24, 2.45) is 0 Å². The van der Waals surface area contributed by atoms with Gasteiger partial charge in [0.1, 0.15) is 22.8 Å². The van der Waals surface area contributed by atoms with Crippen LogP contribution in [0, 0.1) is 5.82 Å². The van der Waals surface area contributed by atoms with E-state index in [4.69, 9.17) is 15.2 Å². The summed E-state index contributed by atoms with van der Waals surface area (Å²) in [5.41, 5.74) is 7.76. The van der Waals surface area contributed by atoms with Crippen LogP contribution in [0.4, 0.5) is 20.7 Å². The van der Waals surface area contributed by atoms with Crippen molar-refractivity contribution in [3.05, 3.63) is 95.4 Å². The van der Waals surface area contributed by atoms with Gasteiger partial charge >= 0.3 is 12.1 Å². The number of pyridine rings is 1. The molecule has 0 aliphatic carbocycles. The van der Waals surface area contributed by atoms with Crippen molar-refractivity contribution < 1.29 is 28.2 Å². The van der Waals surface area contributed by atoms with Crippen LogP contribution >= 0.6 is 0 Å². The average molecular weight is 547 g/mol. The highest BCUT2D eigenvalue weighted by Gasteiger charge is 2.28. The van der Waals surface area contributed by atoms with Crippen molar-refractivity contribution in [2.75, 3.05) is 24.1 Å². The molecular formula is C30H31FN4O5. The minimum atomic E-state index is -1.31. The first-order valence-electron chi connectivity index (χ1n) is 12.8. The lowest BCUT2D eigenvalue weighted by Gasteiger charge is -2.29. The van der Waals surface area contributed by atoms with Crippen LogP contribution in [0.1, 0.15) is 54.8 Å². The Balaban J connectivity index is 1.52. The third-order valence-electron chi connectivity index (χ3n) is 6.05. The lowest BCUT2D eigenvalue weighted by molar-refractivity contribution is -0.125. The van der Waals surface area contributed by atoms with Gasteiger partial charge in [-0.25, -0.2) is 19.0 Å². The fraction of sp³-hybridized carbons (Fsp3) is 0.267. The molecule has 1 aliphatic rings. The second-order valence-electron chi connectivity index (χ2n) is 10.3. The summed E-state index contributed by atoms with van der Waals surface area (Å²) in [6.45, 7) is 6.21. The van der Waals surface area contributed by atoms with Gasteiger partial charge in [-0.05, 0) is 68.7 Å². The van der Waals surface area contributed by atoms with Gasteiger partial charge in [0.25, 0.3) is 5.91 Å². The fourth-order valence-corrected chi connectivity index (χ4v) is 4.05. The van der Waals surface area contributed by atoms with Crippen molar-refractivity contribution in [1.29, 1.82) is 0 Å². The smallest absolute Gasteiger partial charge is 0.410 e. The molecule has 0 saturated heterocycles. The Morgan fingerprint density at radius 3 is 2.40 bits per heavy atom. The van der Waals surface area contributed by atoms with Crippen LogP contribution in [0.15, 0.2) is 72.9 Å². The van der Waals surface area contributed by atoms with Gasteiger partial charge in [0.15, 0.2) is 0 Å². The molecule has 0 unspecified atom stereocenters. The van der Waals surface area contributed by atoms with Gasteiger partial charge in [0, 0.05) is 30.5 Å². The van der Waals surface area contributed by atoms with Crippen molar-refractivity contribution in [3.63, 3.8) is 0 Å². The predicted octanol–water partition coefficient (Wildman–Crippen LogP) is 5.36. The zero-order chi connectivity index (χ0) is 28.9. The number of carbonyl (C=O) groups excluding carboxylic acids is 3. The van der Waals surface area contributed by atoms with Crippen molar-refractivity contribution in [2.45, 2.75) is 38.9 Å². The van der Waals surface area contributed by atoms with Gasteiger partial charge < -0.3 is 25.4 Å². The largest absolute Gasteiger partial charge is 0.444 e. The van der Waals surface area contributed by atoms with Crippen LogP contribution in [0.2, 0.25) is 0 Å². The Kier molecular flexibility index (Phi) is 8.47. The molecule has 0 bridgehead atoms. The molecule has 9 nitrogen and oxygen atoms in total. The number of ether oxygens (including phenoxy) is 2. The normalized spacial score (nSPS) is 14.1. The van der Waals surface area contributed by atoms with E-state index in [9.17, 15) is 18.8 Å². The number of nitrogens with zero attached hydrogens (tertiary/aromatic N) is 2. The number of nitrogen functional groups attached to an aromatic ring is 1. The number of benzene rings is 2. The fourth-order valence-electron chi connectivity index (χ4n) is 4.05. The maximum atomic E-state index is 13.3. The molecule has 40 heavy (non-hydrogen) atoms. The number of carbonyl (C=O) groups is 3. The minimum absolute atomic E-state index is 0.00323. The number of amides is 2. The summed E-state index contributed by atoms with van der Waals surface area (Å²) in [5.74, 6) is -1.95. The molecule has 1 atom stereocenters. The molecular weight excluding hydrogens is 515 g/mol. The standard InChI is InChI=1S/C30H31FN4O5/c1-30(2,3)40-29(38)35-15-13-19(14-16-35)21-17-24(26(32)33-18-21)28(37)39-25(20-7-5-4-6-8-20)27(36)34-23-11-9-22(31)10-12-23/h4-13,17-18,25H,14-16H2,1-3H3,(H2,32,33)(H,34,36)/t25-/m1/s1. The Hall–Kier alpha value is -4.73. The Morgan fingerprint density at radius 2 is 1.77 bits per heavy atom. The molecule has 0 saturated carbocycles. The van der Waals surface area contributed by atoms with Crippen molar-refractivity contribution in [1.82, 2.24) is 9.88 Å². The van der Waals surface area contributed by atoms with Gasteiger partial charge in [-0.3, -0.25) is 4.79 Å². The maximum Gasteiger partial charge on any atom is 0.410 e. The summed E-state index contributed by atoms with van der Waals surface area (Å²) in [6, 6.07) is 15.3. The molecule has 4 rings (SSSR count). The molecule has 1 aromatic heterocycles. The first kappa shape index (κ1) is 28.3. The third-order valence-corrected chi connectivity index (χ3v) is 6.05. The summed E-state index contributed by atoms with van der Waals surface area (Å²) < 4.78 is 24.4. The van der Waals surface area contributed by atoms with E-state index in [0.717, 1.165) is 5.57 Å². The summed E-state index contributed by atoms with van der Waals surface area (Å²) in [4.78, 5) is 44.6. The molecule has 3 aromatic rings. The van der Waals surface area contributed by atoms with E-state index in [1.54, 1.807) is 47.5 Å². The number of hydrogen-bond donors (Lipinski definition) is 2. The zero-order valence-electron chi connectivity index (χ0n) is 22.5. The van der Waals surface area contributed by atoms with Gasteiger partial charge in [-0.1, -0.05) is 36.4 Å². The molecule has 1 aliphatic heterocycles. The van der Waals surface area contributed by atoms with Gasteiger partial charge in [0.05, 0.1) is 0 Å². The van der Waals surface area contributed by atoms with Crippen LogP contribution < -0.4 is 11.1 Å². The number of aromatic nitrogens is 1. The zero-order valence-corrected chi connectivity index (χ0v) is 22.5. The third kappa shape index (κ3) is 7.22. The SMILES string of the molecule is CC(C)(C)OC(=O)N1CC=C(c2cnc(N)c(C(=O)O[C@@H](C(=O)Nc3ccc(F)cc3)c3ccccc3)c2)CC1. The molecule has 2 amide bonds. The average Bonchev–Trinajstić information content (AvgIpc) is 2.92. The first-order chi connectivity index (χ1) is 19.0. The Labute approximate surface area is 231 Å². The topological polar surface area (TPSA) is 124 Å². The predicted molar refractivity (Wildman–Crippen MR) is 149 cm³/mol. The lowest BCUT2D eigenvalue weighted by Crippen LogP contribution is -2.39. The van der Waals surface area contributed by atoms with Crippen LogP contribution in [0.25, 0.3) is 5.57 Å². The second-order valence-corrected chi connectivity index (χ2v) is 10.3. The molecule has 0 fully saturated rings. The monoisotopic (exact) mass is 546 g/mol. The number of hydrogen-bond acceptors (Lipinski definition) is 7. The summed E-state index contributed by atoms with van der Waals surface area (Å²) >= 11 is 0. The number of nitrogens with two attached hydrogens (primary N) is 1. The highest BCUT2D eigenvalue weighted by Crippen LogP contribution is 2.27. The highest BCUT2D eigenvalue weighted by molar-refractivity contribution is 6.00. The molecule has 3 N–H and O–H groups in total. The van der Waals surface area contributed by atoms with Crippen LogP contribution in [-0.2, 0) is 14.3 Å². The lowest BCUT2D eigenvalue weighted by atomic mass is 9.99. The molecule has 0 radical (unpaired) electrons. The van der Waals surface area contributed by atoms with Crippen LogP contribution in [0.5, 0.6) is 0 Å². The quantitative estimate of drug-likeness (QED) is 0.399. The number of esters is 1. The Bertz CT molecular complexity index is 1420. The molecule has 0 spiro atoms. The van der Waals surface area contributed by atoms with E-state index in [2.05, 4.69) is 10.3 Å². The van der Waals surface area contributed by atoms with Crippen molar-refractivity contribution >= 4 is 35.0 Å². The van der Waals surface area contributed by atoms with Crippen LogP contribution in [0.3, 0.4) is 0 Å². The molecule has 10 heteroatoms. The number of anilines is 2. The number of rotatable bonds is 6. The first-order valence-corrected chi connectivity index (χ1v) is 12.8. The maximum absolute atomic E-state index is 13.3. The summed E-state index contributed by atoms with van der Waals surface area (Å²) in [7, 11) is 0. The van der Waals surface area contributed by atoms with E-state index < -0.39 is 35.5 Å². The molecule has 2 heterocycles. The number of halogens is 1. The summed E-state index contributed by atoms with van der Waals surface area (Å²) in [6.07, 6.45) is 2.24. The second kappa shape index (κ2) is 12.0.